The fourth-order valence-corrected chi connectivity index (χ4v) is 2.34. The van der Waals surface area contributed by atoms with Crippen LogP contribution in [-0.4, -0.2) is 52.3 Å². The molecule has 0 saturated carbocycles. The number of carbonyl (C=O) groups is 1. The van der Waals surface area contributed by atoms with E-state index in [2.05, 4.69) is 51.7 Å². The summed E-state index contributed by atoms with van der Waals surface area (Å²) in [5.41, 5.74) is 1.24. The molecule has 0 radical (unpaired) electrons. The summed E-state index contributed by atoms with van der Waals surface area (Å²) < 4.78 is 4.71. The van der Waals surface area contributed by atoms with Gasteiger partial charge in [0.2, 0.25) is 0 Å². The predicted octanol–water partition coefficient (Wildman–Crippen LogP) is 1.88. The molecule has 0 heterocycles. The number of anilines is 1. The second-order valence-electron chi connectivity index (χ2n) is 5.57. The van der Waals surface area contributed by atoms with Gasteiger partial charge in [0.05, 0.1) is 13.0 Å². The molecule has 6 heteroatoms. The Morgan fingerprint density at radius 3 is 2.58 bits per heavy atom. The fraction of sp³-hybridized carbons (Fsp3) is 0.556. The standard InChI is InChI=1S/C18H30N4O2/c1-5-22(16-10-7-6-8-11-16)13-9-12-20-18(19-3)21-14-15(2)17(23)24-4/h6-8,10-11,15H,5,9,12-14H2,1-4H3,(H2,19,20,21). The van der Waals surface area contributed by atoms with Gasteiger partial charge in [-0.05, 0) is 25.5 Å². The highest BCUT2D eigenvalue weighted by Crippen LogP contribution is 2.12. The first-order chi connectivity index (χ1) is 11.6. The van der Waals surface area contributed by atoms with Crippen LogP contribution in [0.25, 0.3) is 0 Å². The molecule has 0 aromatic heterocycles. The summed E-state index contributed by atoms with van der Waals surface area (Å²) in [4.78, 5) is 17.9. The quantitative estimate of drug-likeness (QED) is 0.312. The van der Waals surface area contributed by atoms with Crippen molar-refractivity contribution in [3.05, 3.63) is 30.3 Å². The van der Waals surface area contributed by atoms with Gasteiger partial charge in [0.1, 0.15) is 0 Å². The van der Waals surface area contributed by atoms with Crippen LogP contribution in [0.3, 0.4) is 0 Å². The predicted molar refractivity (Wildman–Crippen MR) is 99.5 cm³/mol. The van der Waals surface area contributed by atoms with Crippen LogP contribution in [0.1, 0.15) is 20.3 Å². The number of esters is 1. The lowest BCUT2D eigenvalue weighted by atomic mass is 10.2. The van der Waals surface area contributed by atoms with Crippen molar-refractivity contribution in [3.8, 4) is 0 Å². The van der Waals surface area contributed by atoms with Crippen LogP contribution in [0.4, 0.5) is 5.69 Å². The summed E-state index contributed by atoms with van der Waals surface area (Å²) in [7, 11) is 3.12. The van der Waals surface area contributed by atoms with Gasteiger partial charge < -0.3 is 20.3 Å². The van der Waals surface area contributed by atoms with E-state index in [1.165, 1.54) is 12.8 Å². The Kier molecular flexibility index (Phi) is 9.34. The second kappa shape index (κ2) is 11.3. The minimum atomic E-state index is -0.223. The number of guanidine groups is 1. The monoisotopic (exact) mass is 334 g/mol. The Morgan fingerprint density at radius 1 is 1.29 bits per heavy atom. The zero-order valence-corrected chi connectivity index (χ0v) is 15.2. The molecule has 134 valence electrons. The highest BCUT2D eigenvalue weighted by Gasteiger charge is 2.13. The molecule has 2 N–H and O–H groups in total. The summed E-state index contributed by atoms with van der Waals surface area (Å²) in [5, 5.41) is 6.42. The first-order valence-corrected chi connectivity index (χ1v) is 8.44. The van der Waals surface area contributed by atoms with E-state index in [0.717, 1.165) is 26.1 Å². The van der Waals surface area contributed by atoms with Crippen LogP contribution in [0.2, 0.25) is 0 Å². The first kappa shape index (κ1) is 19.8. The molecule has 1 unspecified atom stereocenters. The molecule has 0 aliphatic heterocycles. The number of nitrogens with one attached hydrogen (secondary N) is 2. The zero-order chi connectivity index (χ0) is 17.8. The number of methoxy groups -OCH3 is 1. The average Bonchev–Trinajstić information content (AvgIpc) is 2.63. The number of nitrogens with zero attached hydrogens (tertiary/aromatic N) is 2. The molecular formula is C18H30N4O2. The van der Waals surface area contributed by atoms with Crippen LogP contribution >= 0.6 is 0 Å². The Labute approximate surface area is 145 Å². The maximum absolute atomic E-state index is 11.4. The molecule has 1 aromatic carbocycles. The van der Waals surface area contributed by atoms with Crippen molar-refractivity contribution < 1.29 is 9.53 Å². The summed E-state index contributed by atoms with van der Waals surface area (Å²) in [6, 6.07) is 10.4. The Balaban J connectivity index is 2.30. The third-order valence-corrected chi connectivity index (χ3v) is 3.80. The van der Waals surface area contributed by atoms with Gasteiger partial charge in [-0.3, -0.25) is 9.79 Å². The molecule has 0 amide bonds. The van der Waals surface area contributed by atoms with E-state index in [1.807, 2.05) is 13.0 Å². The van der Waals surface area contributed by atoms with E-state index in [4.69, 9.17) is 4.74 Å². The SMILES string of the molecule is CCN(CCCNC(=NC)NCC(C)C(=O)OC)c1ccccc1. The van der Waals surface area contributed by atoms with E-state index in [0.29, 0.717) is 12.5 Å². The van der Waals surface area contributed by atoms with Crippen LogP contribution in [0.15, 0.2) is 35.3 Å². The van der Waals surface area contributed by atoms with Crippen molar-refractivity contribution in [1.82, 2.24) is 10.6 Å². The van der Waals surface area contributed by atoms with Gasteiger partial charge in [-0.2, -0.15) is 0 Å². The summed E-state index contributed by atoms with van der Waals surface area (Å²) in [6.45, 7) is 7.25. The molecule has 24 heavy (non-hydrogen) atoms. The molecule has 0 spiro atoms. The van der Waals surface area contributed by atoms with E-state index in [9.17, 15) is 4.79 Å². The number of carbonyl (C=O) groups excluding carboxylic acids is 1. The maximum Gasteiger partial charge on any atom is 0.310 e. The van der Waals surface area contributed by atoms with Crippen molar-refractivity contribution >= 4 is 17.6 Å². The Morgan fingerprint density at radius 2 is 2.00 bits per heavy atom. The third kappa shape index (κ3) is 6.89. The lowest BCUT2D eigenvalue weighted by Gasteiger charge is -2.23. The molecule has 1 rings (SSSR count). The minimum absolute atomic E-state index is 0.206. The van der Waals surface area contributed by atoms with E-state index >= 15 is 0 Å². The normalized spacial score (nSPS) is 12.4. The van der Waals surface area contributed by atoms with Gasteiger partial charge in [-0.15, -0.1) is 0 Å². The Hall–Kier alpha value is -2.24. The van der Waals surface area contributed by atoms with E-state index in [1.54, 1.807) is 7.05 Å². The number of hydrogen-bond donors (Lipinski definition) is 2. The highest BCUT2D eigenvalue weighted by molar-refractivity contribution is 5.80. The van der Waals surface area contributed by atoms with Crippen molar-refractivity contribution in [2.45, 2.75) is 20.3 Å². The topological polar surface area (TPSA) is 66.0 Å². The van der Waals surface area contributed by atoms with E-state index < -0.39 is 0 Å². The van der Waals surface area contributed by atoms with Gasteiger partial charge in [-0.25, -0.2) is 0 Å². The second-order valence-corrected chi connectivity index (χ2v) is 5.57. The minimum Gasteiger partial charge on any atom is -0.469 e. The summed E-state index contributed by atoms with van der Waals surface area (Å²) in [5.74, 6) is 0.273. The number of para-hydroxylation sites is 1. The first-order valence-electron chi connectivity index (χ1n) is 8.44. The van der Waals surface area contributed by atoms with Crippen molar-refractivity contribution in [3.63, 3.8) is 0 Å². The lowest BCUT2D eigenvalue weighted by molar-refractivity contribution is -0.144. The molecule has 0 aliphatic rings. The molecular weight excluding hydrogens is 304 g/mol. The molecule has 6 nitrogen and oxygen atoms in total. The van der Waals surface area contributed by atoms with Gasteiger partial charge in [0, 0.05) is 38.9 Å². The fourth-order valence-electron chi connectivity index (χ4n) is 2.34. The van der Waals surface area contributed by atoms with Gasteiger partial charge in [-0.1, -0.05) is 25.1 Å². The molecule has 0 fully saturated rings. The number of rotatable bonds is 9. The maximum atomic E-state index is 11.4. The van der Waals surface area contributed by atoms with Crippen molar-refractivity contribution in [2.24, 2.45) is 10.9 Å². The molecule has 0 bridgehead atoms. The molecule has 1 aromatic rings. The molecule has 1 atom stereocenters. The van der Waals surface area contributed by atoms with E-state index in [-0.39, 0.29) is 11.9 Å². The highest BCUT2D eigenvalue weighted by atomic mass is 16.5. The number of hydrogen-bond acceptors (Lipinski definition) is 4. The van der Waals surface area contributed by atoms with Gasteiger partial charge >= 0.3 is 5.97 Å². The lowest BCUT2D eigenvalue weighted by Crippen LogP contribution is -2.41. The van der Waals surface area contributed by atoms with Gasteiger partial charge in [0.15, 0.2) is 5.96 Å². The number of benzene rings is 1. The largest absolute Gasteiger partial charge is 0.469 e. The van der Waals surface area contributed by atoms with Crippen LogP contribution in [0.5, 0.6) is 0 Å². The smallest absolute Gasteiger partial charge is 0.310 e. The van der Waals surface area contributed by atoms with Crippen molar-refractivity contribution in [2.75, 3.05) is 45.2 Å². The molecule has 0 saturated heterocycles. The zero-order valence-electron chi connectivity index (χ0n) is 15.2. The van der Waals surface area contributed by atoms with Crippen LogP contribution in [0, 0.1) is 5.92 Å². The van der Waals surface area contributed by atoms with Crippen molar-refractivity contribution in [1.29, 1.82) is 0 Å². The third-order valence-electron chi connectivity index (χ3n) is 3.80. The van der Waals surface area contributed by atoms with Crippen LogP contribution < -0.4 is 15.5 Å². The van der Waals surface area contributed by atoms with Gasteiger partial charge in [0.25, 0.3) is 0 Å². The average molecular weight is 334 g/mol. The summed E-state index contributed by atoms with van der Waals surface area (Å²) >= 11 is 0. The van der Waals surface area contributed by atoms with Crippen LogP contribution in [-0.2, 0) is 9.53 Å². The number of aliphatic imine (C=N–C) groups is 1. The number of ether oxygens (including phenoxy) is 1. The summed E-state index contributed by atoms with van der Waals surface area (Å²) in [6.07, 6.45) is 0.996. The molecule has 0 aliphatic carbocycles. The Bertz CT molecular complexity index is 505.